The minimum absolute atomic E-state index is 0.0687. The number of pyridine rings is 1. The number of nitrogens with one attached hydrogen (secondary N) is 2. The molecule has 0 aromatic carbocycles. The molecule has 6 nitrogen and oxygen atoms in total. The van der Waals surface area contributed by atoms with Crippen LogP contribution >= 0.6 is 0 Å². The number of hydrogen-bond donors (Lipinski definition) is 3. The zero-order valence-electron chi connectivity index (χ0n) is 11.9. The Bertz CT molecular complexity index is 553. The van der Waals surface area contributed by atoms with Crippen LogP contribution in [0.25, 0.3) is 0 Å². The molecule has 0 radical (unpaired) electrons. The molecule has 0 aliphatic carbocycles. The molecule has 0 bridgehead atoms. The Labute approximate surface area is 123 Å². The van der Waals surface area contributed by atoms with Gasteiger partial charge in [-0.1, -0.05) is 6.07 Å². The van der Waals surface area contributed by atoms with Gasteiger partial charge in [-0.05, 0) is 37.1 Å². The summed E-state index contributed by atoms with van der Waals surface area (Å²) in [5.74, 6) is 0.415. The summed E-state index contributed by atoms with van der Waals surface area (Å²) in [4.78, 5) is 15.7. The number of urea groups is 1. The number of furan rings is 1. The number of aliphatic hydroxyl groups is 1. The first-order chi connectivity index (χ1) is 10.1. The molecule has 2 aromatic heterocycles. The smallest absolute Gasteiger partial charge is 0.314 e. The first kappa shape index (κ1) is 15.1. The highest BCUT2D eigenvalue weighted by molar-refractivity contribution is 5.73. The quantitative estimate of drug-likeness (QED) is 0.750. The van der Waals surface area contributed by atoms with E-state index in [9.17, 15) is 9.90 Å². The summed E-state index contributed by atoms with van der Waals surface area (Å²) < 4.78 is 5.14. The molecule has 2 rings (SSSR count). The van der Waals surface area contributed by atoms with Gasteiger partial charge in [-0.25, -0.2) is 4.79 Å². The van der Waals surface area contributed by atoms with Gasteiger partial charge in [0.15, 0.2) is 0 Å². The Kier molecular flexibility index (Phi) is 4.94. The maximum atomic E-state index is 11.7. The van der Waals surface area contributed by atoms with Gasteiger partial charge in [0.1, 0.15) is 11.4 Å². The van der Waals surface area contributed by atoms with E-state index in [-0.39, 0.29) is 12.6 Å². The maximum absolute atomic E-state index is 11.7. The number of aromatic nitrogens is 1. The predicted molar refractivity (Wildman–Crippen MR) is 77.6 cm³/mol. The molecule has 6 heteroatoms. The third kappa shape index (κ3) is 4.61. The van der Waals surface area contributed by atoms with Crippen LogP contribution in [0.2, 0.25) is 0 Å². The lowest BCUT2D eigenvalue weighted by Crippen LogP contribution is -2.43. The Balaban J connectivity index is 1.70. The molecule has 0 fully saturated rings. The molecule has 21 heavy (non-hydrogen) atoms. The molecule has 1 atom stereocenters. The minimum atomic E-state index is -1.23. The van der Waals surface area contributed by atoms with Crippen molar-refractivity contribution in [1.82, 2.24) is 15.6 Å². The van der Waals surface area contributed by atoms with E-state index in [4.69, 9.17) is 4.42 Å². The van der Waals surface area contributed by atoms with E-state index in [1.54, 1.807) is 31.5 Å². The molecular weight excluding hydrogens is 270 g/mol. The average molecular weight is 289 g/mol. The van der Waals surface area contributed by atoms with Crippen molar-refractivity contribution in [3.05, 3.63) is 54.2 Å². The fourth-order valence-corrected chi connectivity index (χ4v) is 1.85. The Morgan fingerprint density at radius 3 is 2.90 bits per heavy atom. The van der Waals surface area contributed by atoms with Crippen LogP contribution in [0.1, 0.15) is 18.2 Å². The van der Waals surface area contributed by atoms with Crippen molar-refractivity contribution in [2.75, 3.05) is 13.1 Å². The lowest BCUT2D eigenvalue weighted by molar-refractivity contribution is 0.0367. The van der Waals surface area contributed by atoms with Gasteiger partial charge < -0.3 is 20.2 Å². The van der Waals surface area contributed by atoms with Crippen LogP contribution in [0.15, 0.2) is 47.3 Å². The van der Waals surface area contributed by atoms with E-state index in [0.29, 0.717) is 18.7 Å². The number of nitrogens with zero attached hydrogens (tertiary/aromatic N) is 1. The van der Waals surface area contributed by atoms with Crippen LogP contribution in [0.5, 0.6) is 0 Å². The van der Waals surface area contributed by atoms with Crippen LogP contribution < -0.4 is 10.6 Å². The summed E-state index contributed by atoms with van der Waals surface area (Å²) in [6, 6.07) is 6.84. The van der Waals surface area contributed by atoms with Crippen molar-refractivity contribution in [3.8, 4) is 0 Å². The van der Waals surface area contributed by atoms with Gasteiger partial charge >= 0.3 is 6.03 Å². The molecule has 2 heterocycles. The van der Waals surface area contributed by atoms with Gasteiger partial charge in [-0.3, -0.25) is 4.98 Å². The van der Waals surface area contributed by atoms with E-state index in [0.717, 1.165) is 5.56 Å². The van der Waals surface area contributed by atoms with Crippen LogP contribution in [0, 0.1) is 0 Å². The molecule has 0 aliphatic rings. The SMILES string of the molecule is CC(O)(CNC(=O)NCCc1cccnc1)c1ccco1. The van der Waals surface area contributed by atoms with E-state index in [1.807, 2.05) is 12.1 Å². The Hall–Kier alpha value is -2.34. The van der Waals surface area contributed by atoms with Crippen molar-refractivity contribution >= 4 is 6.03 Å². The molecule has 0 spiro atoms. The summed E-state index contributed by atoms with van der Waals surface area (Å²) >= 11 is 0. The van der Waals surface area contributed by atoms with E-state index >= 15 is 0 Å². The normalized spacial score (nSPS) is 13.4. The summed E-state index contributed by atoms with van der Waals surface area (Å²) in [5.41, 5.74) is -0.176. The summed E-state index contributed by atoms with van der Waals surface area (Å²) in [6.45, 7) is 2.15. The van der Waals surface area contributed by atoms with E-state index in [1.165, 1.54) is 6.26 Å². The van der Waals surface area contributed by atoms with Crippen LogP contribution in [0.3, 0.4) is 0 Å². The van der Waals surface area contributed by atoms with Gasteiger partial charge in [0.05, 0.1) is 12.8 Å². The average Bonchev–Trinajstić information content (AvgIpc) is 3.01. The summed E-state index contributed by atoms with van der Waals surface area (Å²) in [5, 5.41) is 15.5. The molecule has 112 valence electrons. The zero-order chi connectivity index (χ0) is 15.1. The van der Waals surface area contributed by atoms with E-state index in [2.05, 4.69) is 15.6 Å². The molecule has 2 aromatic rings. The van der Waals surface area contributed by atoms with Crippen molar-refractivity contribution < 1.29 is 14.3 Å². The third-order valence-electron chi connectivity index (χ3n) is 3.07. The van der Waals surface area contributed by atoms with Crippen LogP contribution in [-0.2, 0) is 12.0 Å². The summed E-state index contributed by atoms with van der Waals surface area (Å²) in [6.07, 6.45) is 5.66. The van der Waals surface area contributed by atoms with Crippen molar-refractivity contribution in [3.63, 3.8) is 0 Å². The van der Waals surface area contributed by atoms with Gasteiger partial charge in [-0.2, -0.15) is 0 Å². The third-order valence-corrected chi connectivity index (χ3v) is 3.07. The second-order valence-corrected chi connectivity index (χ2v) is 4.97. The Morgan fingerprint density at radius 1 is 1.38 bits per heavy atom. The highest BCUT2D eigenvalue weighted by Crippen LogP contribution is 2.19. The molecule has 3 N–H and O–H groups in total. The number of amides is 2. The lowest BCUT2D eigenvalue weighted by atomic mass is 10.0. The number of carbonyl (C=O) groups is 1. The van der Waals surface area contributed by atoms with Crippen LogP contribution in [-0.4, -0.2) is 29.2 Å². The topological polar surface area (TPSA) is 87.4 Å². The van der Waals surface area contributed by atoms with E-state index < -0.39 is 5.60 Å². The molecule has 0 aliphatic heterocycles. The van der Waals surface area contributed by atoms with Gasteiger partial charge in [-0.15, -0.1) is 0 Å². The fourth-order valence-electron chi connectivity index (χ4n) is 1.85. The first-order valence-electron chi connectivity index (χ1n) is 6.75. The molecule has 0 saturated heterocycles. The van der Waals surface area contributed by atoms with Crippen LogP contribution in [0.4, 0.5) is 4.79 Å². The highest BCUT2D eigenvalue weighted by Gasteiger charge is 2.26. The second kappa shape index (κ2) is 6.90. The van der Waals surface area contributed by atoms with Gasteiger partial charge in [0, 0.05) is 18.9 Å². The molecule has 1 unspecified atom stereocenters. The molecule has 0 saturated carbocycles. The standard InChI is InChI=1S/C15H19N3O3/c1-15(20,13-5-3-9-21-13)11-18-14(19)17-8-6-12-4-2-7-16-10-12/h2-5,7,9-10,20H,6,8,11H2,1H3,(H2,17,18,19). The number of carbonyl (C=O) groups excluding carboxylic acids is 1. The van der Waals surface area contributed by atoms with Crippen molar-refractivity contribution in [1.29, 1.82) is 0 Å². The highest BCUT2D eigenvalue weighted by atomic mass is 16.4. The maximum Gasteiger partial charge on any atom is 0.314 e. The second-order valence-electron chi connectivity index (χ2n) is 4.97. The lowest BCUT2D eigenvalue weighted by Gasteiger charge is -2.21. The Morgan fingerprint density at radius 2 is 2.24 bits per heavy atom. The molecule has 2 amide bonds. The monoisotopic (exact) mass is 289 g/mol. The fraction of sp³-hybridized carbons (Fsp3) is 0.333. The first-order valence-corrected chi connectivity index (χ1v) is 6.75. The van der Waals surface area contributed by atoms with Gasteiger partial charge in [0.25, 0.3) is 0 Å². The minimum Gasteiger partial charge on any atom is -0.466 e. The number of hydrogen-bond acceptors (Lipinski definition) is 4. The summed E-state index contributed by atoms with van der Waals surface area (Å²) in [7, 11) is 0. The number of rotatable bonds is 6. The predicted octanol–water partition coefficient (Wildman–Crippen LogP) is 1.42. The van der Waals surface area contributed by atoms with Gasteiger partial charge in [0.2, 0.25) is 0 Å². The largest absolute Gasteiger partial charge is 0.466 e. The molecular formula is C15H19N3O3. The zero-order valence-corrected chi connectivity index (χ0v) is 11.9. The van der Waals surface area contributed by atoms with Crippen molar-refractivity contribution in [2.45, 2.75) is 18.9 Å². The van der Waals surface area contributed by atoms with Crippen molar-refractivity contribution in [2.24, 2.45) is 0 Å².